The molecule has 30 heavy (non-hydrogen) atoms. The third-order valence-corrected chi connectivity index (χ3v) is 6.97. The SMILES string of the molecule is OC1c2cc3c(cc2CC1NC1CCN(c2cccc4c2OCCC4)CC1)OCO3. The zero-order valence-electron chi connectivity index (χ0n) is 17.1. The van der Waals surface area contributed by atoms with Crippen molar-refractivity contribution in [1.29, 1.82) is 0 Å². The number of nitrogens with one attached hydrogen (secondary N) is 1. The van der Waals surface area contributed by atoms with Crippen molar-refractivity contribution < 1.29 is 19.3 Å². The summed E-state index contributed by atoms with van der Waals surface area (Å²) in [7, 11) is 0. The molecule has 2 aromatic carbocycles. The summed E-state index contributed by atoms with van der Waals surface area (Å²) >= 11 is 0. The second-order valence-corrected chi connectivity index (χ2v) is 8.81. The summed E-state index contributed by atoms with van der Waals surface area (Å²) in [6.07, 6.45) is 4.67. The van der Waals surface area contributed by atoms with Crippen LogP contribution in [0.1, 0.15) is 42.1 Å². The molecule has 2 aromatic rings. The first-order valence-electron chi connectivity index (χ1n) is 11.1. The number of nitrogens with zero attached hydrogens (tertiary/aromatic N) is 1. The molecule has 6 heteroatoms. The molecule has 3 aliphatic heterocycles. The highest BCUT2D eigenvalue weighted by Gasteiger charge is 2.35. The number of fused-ring (bicyclic) bond motifs is 3. The number of hydrogen-bond donors (Lipinski definition) is 2. The van der Waals surface area contributed by atoms with Gasteiger partial charge in [0, 0.05) is 25.2 Å². The first kappa shape index (κ1) is 18.3. The number of aliphatic hydroxyl groups is 1. The van der Waals surface area contributed by atoms with Crippen LogP contribution in [0.2, 0.25) is 0 Å². The van der Waals surface area contributed by atoms with E-state index in [0.717, 1.165) is 80.2 Å². The number of rotatable bonds is 3. The van der Waals surface area contributed by atoms with Crippen molar-refractivity contribution in [3.8, 4) is 17.2 Å². The second-order valence-electron chi connectivity index (χ2n) is 8.81. The Morgan fingerprint density at radius 2 is 1.83 bits per heavy atom. The van der Waals surface area contributed by atoms with Gasteiger partial charge in [-0.15, -0.1) is 0 Å². The Morgan fingerprint density at radius 1 is 1.00 bits per heavy atom. The van der Waals surface area contributed by atoms with Crippen LogP contribution in [0.25, 0.3) is 0 Å². The molecule has 0 aromatic heterocycles. The van der Waals surface area contributed by atoms with E-state index >= 15 is 0 Å². The van der Waals surface area contributed by atoms with E-state index in [1.807, 2.05) is 12.1 Å². The highest BCUT2D eigenvalue weighted by atomic mass is 16.7. The molecule has 158 valence electrons. The van der Waals surface area contributed by atoms with Crippen LogP contribution < -0.4 is 24.4 Å². The van der Waals surface area contributed by atoms with Gasteiger partial charge in [0.2, 0.25) is 6.79 Å². The fourth-order valence-corrected chi connectivity index (χ4v) is 5.38. The van der Waals surface area contributed by atoms with Gasteiger partial charge in [-0.3, -0.25) is 0 Å². The van der Waals surface area contributed by atoms with Crippen LogP contribution in [0.3, 0.4) is 0 Å². The molecule has 4 aliphatic rings. The van der Waals surface area contributed by atoms with E-state index in [0.29, 0.717) is 6.04 Å². The van der Waals surface area contributed by atoms with Gasteiger partial charge >= 0.3 is 0 Å². The highest BCUT2D eigenvalue weighted by molar-refractivity contribution is 5.63. The maximum absolute atomic E-state index is 10.9. The van der Waals surface area contributed by atoms with E-state index in [9.17, 15) is 5.11 Å². The summed E-state index contributed by atoms with van der Waals surface area (Å²) in [6.45, 7) is 3.10. The van der Waals surface area contributed by atoms with Crippen LogP contribution in [0, 0.1) is 0 Å². The molecular weight excluding hydrogens is 380 g/mol. The van der Waals surface area contributed by atoms with E-state index in [-0.39, 0.29) is 12.8 Å². The van der Waals surface area contributed by atoms with Crippen LogP contribution in [-0.2, 0) is 12.8 Å². The van der Waals surface area contributed by atoms with Crippen molar-refractivity contribution in [3.63, 3.8) is 0 Å². The fraction of sp³-hybridized carbons (Fsp3) is 0.500. The Morgan fingerprint density at radius 3 is 2.70 bits per heavy atom. The molecule has 1 saturated heterocycles. The lowest BCUT2D eigenvalue weighted by Crippen LogP contribution is -2.47. The van der Waals surface area contributed by atoms with Crippen molar-refractivity contribution in [1.82, 2.24) is 5.32 Å². The van der Waals surface area contributed by atoms with Gasteiger partial charge in [-0.2, -0.15) is 0 Å². The highest BCUT2D eigenvalue weighted by Crippen LogP contribution is 2.42. The van der Waals surface area contributed by atoms with Crippen LogP contribution in [-0.4, -0.2) is 43.7 Å². The Bertz CT molecular complexity index is 954. The first-order chi connectivity index (χ1) is 14.8. The molecule has 1 fully saturated rings. The van der Waals surface area contributed by atoms with Crippen LogP contribution >= 0.6 is 0 Å². The van der Waals surface area contributed by atoms with Gasteiger partial charge in [0.1, 0.15) is 5.75 Å². The molecule has 6 rings (SSSR count). The normalized spacial score (nSPS) is 25.0. The third-order valence-electron chi connectivity index (χ3n) is 6.97. The predicted octanol–water partition coefficient (Wildman–Crippen LogP) is 2.96. The number of piperidine rings is 1. The van der Waals surface area contributed by atoms with Gasteiger partial charge in [-0.05, 0) is 67.0 Å². The summed E-state index contributed by atoms with van der Waals surface area (Å²) in [6, 6.07) is 11.0. The molecule has 2 atom stereocenters. The Labute approximate surface area is 176 Å². The molecule has 6 nitrogen and oxygen atoms in total. The van der Waals surface area contributed by atoms with E-state index in [1.54, 1.807) is 0 Å². The third kappa shape index (κ3) is 3.10. The molecular formula is C24H28N2O4. The molecule has 2 N–H and O–H groups in total. The van der Waals surface area contributed by atoms with Gasteiger partial charge in [0.25, 0.3) is 0 Å². The molecule has 0 amide bonds. The van der Waals surface area contributed by atoms with Crippen LogP contribution in [0.4, 0.5) is 5.69 Å². The molecule has 0 radical (unpaired) electrons. The molecule has 0 bridgehead atoms. The van der Waals surface area contributed by atoms with Crippen molar-refractivity contribution in [2.24, 2.45) is 0 Å². The maximum Gasteiger partial charge on any atom is 0.231 e. The average Bonchev–Trinajstić information content (AvgIpc) is 3.36. The minimum Gasteiger partial charge on any atom is -0.491 e. The standard InChI is InChI=1S/C24H28N2O4/c27-23-18-13-22-21(29-14-30-22)12-16(18)11-19(23)25-17-6-8-26(9-7-17)20-5-1-3-15-4-2-10-28-24(15)20/h1,3,5,12-13,17,19,23,25,27H,2,4,6-11,14H2. The quantitative estimate of drug-likeness (QED) is 0.814. The number of aliphatic hydroxyl groups excluding tert-OH is 1. The number of hydrogen-bond acceptors (Lipinski definition) is 6. The maximum atomic E-state index is 10.9. The van der Waals surface area contributed by atoms with Crippen LogP contribution in [0.5, 0.6) is 17.2 Å². The number of para-hydroxylation sites is 1. The number of anilines is 1. The lowest BCUT2D eigenvalue weighted by atomic mass is 10.00. The van der Waals surface area contributed by atoms with E-state index in [1.165, 1.54) is 11.3 Å². The summed E-state index contributed by atoms with van der Waals surface area (Å²) in [4.78, 5) is 2.46. The summed E-state index contributed by atoms with van der Waals surface area (Å²) < 4.78 is 17.0. The molecule has 2 unspecified atom stereocenters. The largest absolute Gasteiger partial charge is 0.491 e. The Balaban J connectivity index is 1.10. The Kier molecular flexibility index (Phi) is 4.50. The van der Waals surface area contributed by atoms with Crippen molar-refractivity contribution >= 4 is 5.69 Å². The minimum absolute atomic E-state index is 0.0481. The van der Waals surface area contributed by atoms with Gasteiger partial charge in [-0.25, -0.2) is 0 Å². The smallest absolute Gasteiger partial charge is 0.231 e. The van der Waals surface area contributed by atoms with E-state index in [2.05, 4.69) is 28.4 Å². The van der Waals surface area contributed by atoms with Crippen molar-refractivity contribution in [3.05, 3.63) is 47.0 Å². The van der Waals surface area contributed by atoms with Gasteiger partial charge in [-0.1, -0.05) is 12.1 Å². The van der Waals surface area contributed by atoms with Crippen molar-refractivity contribution in [2.75, 3.05) is 31.4 Å². The molecule has 1 aliphatic carbocycles. The molecule has 0 spiro atoms. The minimum atomic E-state index is -0.498. The zero-order valence-corrected chi connectivity index (χ0v) is 17.1. The van der Waals surface area contributed by atoms with Crippen molar-refractivity contribution in [2.45, 2.75) is 50.3 Å². The van der Waals surface area contributed by atoms with Gasteiger partial charge in [0.15, 0.2) is 11.5 Å². The van der Waals surface area contributed by atoms with Crippen LogP contribution in [0.15, 0.2) is 30.3 Å². The lowest BCUT2D eigenvalue weighted by Gasteiger charge is -2.37. The predicted molar refractivity (Wildman–Crippen MR) is 114 cm³/mol. The zero-order chi connectivity index (χ0) is 20.1. The summed E-state index contributed by atoms with van der Waals surface area (Å²) in [5.74, 6) is 2.63. The second kappa shape index (κ2) is 7.36. The van der Waals surface area contributed by atoms with Gasteiger partial charge < -0.3 is 29.5 Å². The molecule has 0 saturated carbocycles. The lowest BCUT2D eigenvalue weighted by molar-refractivity contribution is 0.131. The first-order valence-corrected chi connectivity index (χ1v) is 11.1. The average molecular weight is 408 g/mol. The van der Waals surface area contributed by atoms with Gasteiger partial charge in [0.05, 0.1) is 18.4 Å². The number of aryl methyl sites for hydroxylation is 1. The fourth-order valence-electron chi connectivity index (χ4n) is 5.38. The summed E-state index contributed by atoms with van der Waals surface area (Å²) in [5, 5.41) is 14.6. The monoisotopic (exact) mass is 408 g/mol. The Hall–Kier alpha value is -2.44. The topological polar surface area (TPSA) is 63.2 Å². The summed E-state index contributed by atoms with van der Waals surface area (Å²) in [5.41, 5.74) is 4.72. The number of ether oxygens (including phenoxy) is 3. The number of benzene rings is 2. The molecule has 3 heterocycles. The van der Waals surface area contributed by atoms with E-state index < -0.39 is 6.10 Å². The van der Waals surface area contributed by atoms with E-state index in [4.69, 9.17) is 14.2 Å².